The first-order valence-electron chi connectivity index (χ1n) is 7.87. The molecule has 0 atom stereocenters. The Morgan fingerprint density at radius 1 is 1.10 bits per heavy atom. The molecule has 0 saturated heterocycles. The molecule has 21 heavy (non-hydrogen) atoms. The smallest absolute Gasteiger partial charge is 0.216 e. The summed E-state index contributed by atoms with van der Waals surface area (Å²) in [5, 5.41) is 3.34. The van der Waals surface area contributed by atoms with E-state index in [1.165, 1.54) is 5.56 Å². The molecule has 0 spiro atoms. The van der Waals surface area contributed by atoms with E-state index >= 15 is 0 Å². The lowest BCUT2D eigenvalue weighted by Crippen LogP contribution is -2.33. The Morgan fingerprint density at radius 3 is 2.33 bits per heavy atom. The molecule has 2 rings (SSSR count). The van der Waals surface area contributed by atoms with Crippen molar-refractivity contribution in [2.75, 3.05) is 6.54 Å². The van der Waals surface area contributed by atoms with E-state index in [0.29, 0.717) is 0 Å². The Morgan fingerprint density at radius 2 is 1.71 bits per heavy atom. The van der Waals surface area contributed by atoms with Crippen LogP contribution in [0.1, 0.15) is 50.2 Å². The number of hydrogen-bond acceptors (Lipinski definition) is 3. The van der Waals surface area contributed by atoms with Crippen molar-refractivity contribution >= 4 is 10.0 Å². The molecule has 1 aromatic carbocycles. The maximum atomic E-state index is 12.1. The van der Waals surface area contributed by atoms with Crippen molar-refractivity contribution in [3.63, 3.8) is 0 Å². The van der Waals surface area contributed by atoms with E-state index in [4.69, 9.17) is 0 Å². The topological polar surface area (TPSA) is 58.2 Å². The molecule has 1 fully saturated rings. The van der Waals surface area contributed by atoms with Gasteiger partial charge in [-0.3, -0.25) is 0 Å². The minimum atomic E-state index is -3.22. The van der Waals surface area contributed by atoms with Crippen LogP contribution in [0.5, 0.6) is 0 Å². The lowest BCUT2D eigenvalue weighted by Gasteiger charge is -2.12. The van der Waals surface area contributed by atoms with E-state index in [2.05, 4.69) is 17.0 Å². The first-order valence-corrected chi connectivity index (χ1v) is 9.53. The Hall–Kier alpha value is -0.910. The van der Waals surface area contributed by atoms with Gasteiger partial charge in [-0.15, -0.1) is 0 Å². The van der Waals surface area contributed by atoms with Crippen molar-refractivity contribution in [1.82, 2.24) is 10.0 Å². The first kappa shape index (κ1) is 16.5. The Labute approximate surface area is 128 Å². The van der Waals surface area contributed by atoms with Gasteiger partial charge in [-0.05, 0) is 36.9 Å². The molecule has 1 aromatic rings. The fourth-order valence-electron chi connectivity index (χ4n) is 2.72. The van der Waals surface area contributed by atoms with Crippen LogP contribution in [0.15, 0.2) is 24.3 Å². The van der Waals surface area contributed by atoms with Crippen LogP contribution in [-0.4, -0.2) is 21.0 Å². The van der Waals surface area contributed by atoms with Crippen molar-refractivity contribution in [2.24, 2.45) is 0 Å². The van der Waals surface area contributed by atoms with Gasteiger partial charge in [0.2, 0.25) is 10.0 Å². The van der Waals surface area contributed by atoms with Gasteiger partial charge < -0.3 is 5.32 Å². The quantitative estimate of drug-likeness (QED) is 0.726. The standard InChI is InChI=1S/C16H26N2O2S/c1-2-11-17-12-14-7-9-15(10-8-14)13-21(19,20)18-16-5-3-4-6-16/h7-10,16-18H,2-6,11-13H2,1H3. The SMILES string of the molecule is CCCNCc1ccc(CS(=O)(=O)NC2CCCC2)cc1. The van der Waals surface area contributed by atoms with E-state index < -0.39 is 10.0 Å². The van der Waals surface area contributed by atoms with Crippen molar-refractivity contribution in [1.29, 1.82) is 0 Å². The van der Waals surface area contributed by atoms with Crippen LogP contribution in [0.4, 0.5) is 0 Å². The summed E-state index contributed by atoms with van der Waals surface area (Å²) in [7, 11) is -3.22. The third-order valence-electron chi connectivity index (χ3n) is 3.84. The molecule has 0 unspecified atom stereocenters. The molecule has 0 radical (unpaired) electrons. The Kier molecular flexibility index (Phi) is 6.21. The molecule has 2 N–H and O–H groups in total. The second kappa shape index (κ2) is 7.92. The molecule has 4 nitrogen and oxygen atoms in total. The summed E-state index contributed by atoms with van der Waals surface area (Å²) in [6.07, 6.45) is 5.32. The van der Waals surface area contributed by atoms with E-state index in [1.807, 2.05) is 24.3 Å². The monoisotopic (exact) mass is 310 g/mol. The van der Waals surface area contributed by atoms with Gasteiger partial charge in [-0.25, -0.2) is 13.1 Å². The highest BCUT2D eigenvalue weighted by Crippen LogP contribution is 2.19. The third kappa shape index (κ3) is 5.77. The summed E-state index contributed by atoms with van der Waals surface area (Å²) < 4.78 is 27.1. The fraction of sp³-hybridized carbons (Fsp3) is 0.625. The number of rotatable bonds is 8. The summed E-state index contributed by atoms with van der Waals surface area (Å²) in [6.45, 7) is 3.97. The summed E-state index contributed by atoms with van der Waals surface area (Å²) in [4.78, 5) is 0. The summed E-state index contributed by atoms with van der Waals surface area (Å²) >= 11 is 0. The molecule has 0 aromatic heterocycles. The van der Waals surface area contributed by atoms with E-state index in [9.17, 15) is 8.42 Å². The zero-order valence-electron chi connectivity index (χ0n) is 12.8. The molecular formula is C16H26N2O2S. The van der Waals surface area contributed by atoms with Gasteiger partial charge in [0.15, 0.2) is 0 Å². The van der Waals surface area contributed by atoms with Crippen LogP contribution >= 0.6 is 0 Å². The zero-order chi connectivity index (χ0) is 15.1. The number of nitrogens with one attached hydrogen (secondary N) is 2. The molecule has 0 heterocycles. The Bertz CT molecular complexity index is 520. The fourth-order valence-corrected chi connectivity index (χ4v) is 4.18. The van der Waals surface area contributed by atoms with Crippen LogP contribution < -0.4 is 10.0 Å². The van der Waals surface area contributed by atoms with Crippen molar-refractivity contribution < 1.29 is 8.42 Å². The van der Waals surface area contributed by atoms with Gasteiger partial charge in [-0.1, -0.05) is 44.0 Å². The summed E-state index contributed by atoms with van der Waals surface area (Å²) in [5.41, 5.74) is 2.04. The van der Waals surface area contributed by atoms with Crippen molar-refractivity contribution in [3.05, 3.63) is 35.4 Å². The van der Waals surface area contributed by atoms with E-state index in [0.717, 1.165) is 50.8 Å². The zero-order valence-corrected chi connectivity index (χ0v) is 13.6. The van der Waals surface area contributed by atoms with Crippen LogP contribution in [0, 0.1) is 0 Å². The largest absolute Gasteiger partial charge is 0.313 e. The van der Waals surface area contributed by atoms with Gasteiger partial charge in [0, 0.05) is 12.6 Å². The second-order valence-corrected chi connectivity index (χ2v) is 7.61. The maximum Gasteiger partial charge on any atom is 0.216 e. The molecular weight excluding hydrogens is 284 g/mol. The van der Waals surface area contributed by atoms with Gasteiger partial charge in [-0.2, -0.15) is 0 Å². The highest BCUT2D eigenvalue weighted by Gasteiger charge is 2.21. The average molecular weight is 310 g/mol. The third-order valence-corrected chi connectivity index (χ3v) is 5.24. The Balaban J connectivity index is 1.86. The van der Waals surface area contributed by atoms with Crippen molar-refractivity contribution in [3.8, 4) is 0 Å². The minimum absolute atomic E-state index is 0.0756. The van der Waals surface area contributed by atoms with Crippen LogP contribution in [0.25, 0.3) is 0 Å². The number of hydrogen-bond donors (Lipinski definition) is 2. The molecule has 1 saturated carbocycles. The lowest BCUT2D eigenvalue weighted by molar-refractivity contribution is 0.551. The highest BCUT2D eigenvalue weighted by molar-refractivity contribution is 7.88. The van der Waals surface area contributed by atoms with E-state index in [1.54, 1.807) is 0 Å². The molecule has 0 aliphatic heterocycles. The van der Waals surface area contributed by atoms with Crippen LogP contribution in [0.2, 0.25) is 0 Å². The number of benzene rings is 1. The number of sulfonamides is 1. The normalized spacial score (nSPS) is 16.4. The maximum absolute atomic E-state index is 12.1. The van der Waals surface area contributed by atoms with E-state index in [-0.39, 0.29) is 11.8 Å². The van der Waals surface area contributed by atoms with Gasteiger partial charge in [0.25, 0.3) is 0 Å². The van der Waals surface area contributed by atoms with Crippen molar-refractivity contribution in [2.45, 2.75) is 57.4 Å². The van der Waals surface area contributed by atoms with Gasteiger partial charge in [0.05, 0.1) is 5.75 Å². The van der Waals surface area contributed by atoms with Gasteiger partial charge >= 0.3 is 0 Å². The van der Waals surface area contributed by atoms with Crippen LogP contribution in [0.3, 0.4) is 0 Å². The first-order chi connectivity index (χ1) is 10.1. The lowest BCUT2D eigenvalue weighted by atomic mass is 10.1. The summed E-state index contributed by atoms with van der Waals surface area (Å²) in [5.74, 6) is 0.0756. The average Bonchev–Trinajstić information content (AvgIpc) is 2.92. The van der Waals surface area contributed by atoms with Gasteiger partial charge in [0.1, 0.15) is 0 Å². The molecule has 118 valence electrons. The molecule has 0 bridgehead atoms. The highest BCUT2D eigenvalue weighted by atomic mass is 32.2. The predicted molar refractivity (Wildman–Crippen MR) is 86.5 cm³/mol. The van der Waals surface area contributed by atoms with Crippen LogP contribution in [-0.2, 0) is 22.3 Å². The second-order valence-electron chi connectivity index (χ2n) is 5.85. The predicted octanol–water partition coefficient (Wildman–Crippen LogP) is 2.55. The molecule has 1 aliphatic carbocycles. The molecule has 0 amide bonds. The minimum Gasteiger partial charge on any atom is -0.313 e. The molecule has 1 aliphatic rings. The molecule has 5 heteroatoms. The summed E-state index contributed by atoms with van der Waals surface area (Å²) in [6, 6.07) is 7.98.